The molecule has 1 aliphatic rings. The largest absolute Gasteiger partial charge is 0.479 e. The van der Waals surface area contributed by atoms with Gasteiger partial charge in [-0.1, -0.05) is 5.92 Å². The Balaban J connectivity index is 1.43. The summed E-state index contributed by atoms with van der Waals surface area (Å²) in [4.78, 5) is 37.8. The van der Waals surface area contributed by atoms with E-state index in [-0.39, 0.29) is 24.4 Å². The van der Waals surface area contributed by atoms with Gasteiger partial charge in [0.05, 0.1) is 29.6 Å². The summed E-state index contributed by atoms with van der Waals surface area (Å²) in [5.74, 6) is 3.04. The molecule has 11 nitrogen and oxygen atoms in total. The molecule has 1 saturated heterocycles. The van der Waals surface area contributed by atoms with Crippen LogP contribution in [-0.2, 0) is 11.8 Å². The molecular formula is C26H31N7O4. The Kier molecular flexibility index (Phi) is 7.20. The molecule has 0 saturated carbocycles. The van der Waals surface area contributed by atoms with Crippen molar-refractivity contribution in [3.05, 3.63) is 36.4 Å². The number of aromatic nitrogens is 4. The van der Waals surface area contributed by atoms with Crippen molar-refractivity contribution in [1.82, 2.24) is 24.6 Å². The van der Waals surface area contributed by atoms with Gasteiger partial charge in [-0.3, -0.25) is 9.48 Å². The summed E-state index contributed by atoms with van der Waals surface area (Å²) in [5.41, 5.74) is 0.778. The second-order valence-electron chi connectivity index (χ2n) is 9.90. The fraction of sp³-hybridized carbons (Fsp3) is 0.423. The number of aryl methyl sites for hydroxylation is 1. The van der Waals surface area contributed by atoms with E-state index in [1.165, 1.54) is 6.20 Å². The molecule has 1 atom stereocenters. The predicted molar refractivity (Wildman–Crippen MR) is 140 cm³/mol. The number of carbonyl (C=O) groups excluding carboxylic acids is 2. The summed E-state index contributed by atoms with van der Waals surface area (Å²) in [6.45, 7) is 6.88. The summed E-state index contributed by atoms with van der Waals surface area (Å²) in [7, 11) is 3.56. The molecule has 0 bridgehead atoms. The lowest BCUT2D eigenvalue weighted by Crippen LogP contribution is -2.42. The number of rotatable bonds is 6. The molecule has 4 rings (SSSR count). The van der Waals surface area contributed by atoms with Crippen LogP contribution in [0.1, 0.15) is 37.7 Å². The second-order valence-corrected chi connectivity index (χ2v) is 9.90. The number of hydrogen-bond acceptors (Lipinski definition) is 8. The van der Waals surface area contributed by atoms with Gasteiger partial charge in [-0.2, -0.15) is 5.10 Å². The van der Waals surface area contributed by atoms with Crippen LogP contribution < -0.4 is 15.0 Å². The van der Waals surface area contributed by atoms with E-state index in [2.05, 4.69) is 26.3 Å². The van der Waals surface area contributed by atoms with Crippen LogP contribution in [0.2, 0.25) is 0 Å². The smallest absolute Gasteiger partial charge is 0.410 e. The van der Waals surface area contributed by atoms with Crippen LogP contribution in [0.15, 0.2) is 30.7 Å². The number of benzene rings is 1. The van der Waals surface area contributed by atoms with Crippen LogP contribution in [0.4, 0.5) is 16.3 Å². The third-order valence-electron chi connectivity index (χ3n) is 5.87. The van der Waals surface area contributed by atoms with E-state index >= 15 is 0 Å². The van der Waals surface area contributed by atoms with Crippen LogP contribution in [-0.4, -0.2) is 75.0 Å². The third-order valence-corrected chi connectivity index (χ3v) is 5.87. The summed E-state index contributed by atoms with van der Waals surface area (Å²) in [6.07, 6.45) is 10.6. The summed E-state index contributed by atoms with van der Waals surface area (Å²) in [5, 5.41) is 8.04. The number of terminal acetylenes is 1. The minimum Gasteiger partial charge on any atom is -0.479 e. The monoisotopic (exact) mass is 505 g/mol. The van der Waals surface area contributed by atoms with E-state index in [9.17, 15) is 9.59 Å². The first-order valence-corrected chi connectivity index (χ1v) is 11.9. The SMILES string of the molecule is C#CCOc1cc2nn(C)cc2cc1NC(=O)c1cnc(N2CC[C@@H](N(C)C(=O)OC(C)(C)C)C2)cn1. The highest BCUT2D eigenvalue weighted by Crippen LogP contribution is 2.30. The lowest BCUT2D eigenvalue weighted by atomic mass is 10.2. The lowest BCUT2D eigenvalue weighted by molar-refractivity contribution is 0.0237. The molecule has 0 radical (unpaired) electrons. The molecule has 194 valence electrons. The molecule has 0 aliphatic carbocycles. The standard InChI is InChI=1S/C26H31N7O4/c1-7-10-36-22-12-19-17(15-31(5)30-19)11-20(22)29-24(34)21-13-28-23(14-27-21)33-9-8-18(16-33)32(6)25(35)37-26(2,3)4/h1,11-15,18H,8-10,16H2,2-6H3,(H,29,34)/t18-/m1/s1. The van der Waals surface area contributed by atoms with E-state index in [1.807, 2.05) is 38.9 Å². The molecule has 2 aromatic heterocycles. The minimum absolute atomic E-state index is 0.0107. The van der Waals surface area contributed by atoms with Crippen LogP contribution >= 0.6 is 0 Å². The van der Waals surface area contributed by atoms with Crippen LogP contribution in [0.25, 0.3) is 10.9 Å². The van der Waals surface area contributed by atoms with Gasteiger partial charge in [-0.15, -0.1) is 6.42 Å². The molecule has 11 heteroatoms. The molecule has 1 aliphatic heterocycles. The molecule has 0 spiro atoms. The number of hydrogen-bond donors (Lipinski definition) is 1. The van der Waals surface area contributed by atoms with E-state index in [0.717, 1.165) is 17.3 Å². The molecule has 0 unspecified atom stereocenters. The van der Waals surface area contributed by atoms with Gasteiger partial charge in [0, 0.05) is 44.8 Å². The number of likely N-dealkylation sites (N-methyl/N-ethyl adjacent to an activating group) is 1. The van der Waals surface area contributed by atoms with Crippen LogP contribution in [0, 0.1) is 12.3 Å². The van der Waals surface area contributed by atoms with E-state index in [4.69, 9.17) is 15.9 Å². The van der Waals surface area contributed by atoms with Crippen molar-refractivity contribution in [2.24, 2.45) is 7.05 Å². The van der Waals surface area contributed by atoms with Gasteiger partial charge >= 0.3 is 6.09 Å². The zero-order valence-electron chi connectivity index (χ0n) is 21.7. The number of nitrogens with zero attached hydrogens (tertiary/aromatic N) is 6. The van der Waals surface area contributed by atoms with Gasteiger partial charge in [-0.05, 0) is 33.3 Å². The molecule has 3 aromatic rings. The molecular weight excluding hydrogens is 474 g/mol. The van der Waals surface area contributed by atoms with E-state index in [0.29, 0.717) is 30.3 Å². The molecule has 2 amide bonds. The topological polar surface area (TPSA) is 115 Å². The first kappa shape index (κ1) is 25.8. The maximum Gasteiger partial charge on any atom is 0.410 e. The fourth-order valence-electron chi connectivity index (χ4n) is 4.05. The van der Waals surface area contributed by atoms with Gasteiger partial charge in [0.25, 0.3) is 5.91 Å². The molecule has 1 N–H and O–H groups in total. The van der Waals surface area contributed by atoms with Gasteiger partial charge in [-0.25, -0.2) is 14.8 Å². The maximum atomic E-state index is 12.9. The third kappa shape index (κ3) is 6.09. The Hall–Kier alpha value is -4.33. The molecule has 3 heterocycles. The number of carbonyl (C=O) groups is 2. The highest BCUT2D eigenvalue weighted by Gasteiger charge is 2.31. The highest BCUT2D eigenvalue weighted by molar-refractivity contribution is 6.04. The van der Waals surface area contributed by atoms with Gasteiger partial charge in [0.2, 0.25) is 0 Å². The predicted octanol–water partition coefficient (Wildman–Crippen LogP) is 3.07. The second kappa shape index (κ2) is 10.3. The quantitative estimate of drug-likeness (QED) is 0.509. The minimum atomic E-state index is -0.552. The highest BCUT2D eigenvalue weighted by atomic mass is 16.6. The van der Waals surface area contributed by atoms with Crippen LogP contribution in [0.3, 0.4) is 0 Å². The summed E-state index contributed by atoms with van der Waals surface area (Å²) < 4.78 is 12.8. The Morgan fingerprint density at radius 2 is 2.05 bits per heavy atom. The van der Waals surface area contributed by atoms with E-state index in [1.54, 1.807) is 35.0 Å². The molecule has 1 aromatic carbocycles. The number of fused-ring (bicyclic) bond motifs is 1. The Bertz CT molecular complexity index is 1340. The number of anilines is 2. The van der Waals surface area contributed by atoms with Crippen molar-refractivity contribution in [3.8, 4) is 18.1 Å². The average Bonchev–Trinajstić information content (AvgIpc) is 3.47. The number of nitrogens with one attached hydrogen (secondary N) is 1. The Morgan fingerprint density at radius 1 is 1.27 bits per heavy atom. The van der Waals surface area contributed by atoms with Crippen molar-refractivity contribution in [3.63, 3.8) is 0 Å². The maximum absolute atomic E-state index is 12.9. The lowest BCUT2D eigenvalue weighted by Gasteiger charge is -2.28. The van der Waals surface area contributed by atoms with Crippen molar-refractivity contribution in [1.29, 1.82) is 0 Å². The molecule has 1 fully saturated rings. The first-order chi connectivity index (χ1) is 17.5. The average molecular weight is 506 g/mol. The van der Waals surface area contributed by atoms with Gasteiger partial charge in [0.15, 0.2) is 0 Å². The van der Waals surface area contributed by atoms with Crippen molar-refractivity contribution >= 4 is 34.4 Å². The normalized spacial score (nSPS) is 15.4. The Morgan fingerprint density at radius 3 is 2.73 bits per heavy atom. The first-order valence-electron chi connectivity index (χ1n) is 11.9. The zero-order chi connectivity index (χ0) is 26.7. The van der Waals surface area contributed by atoms with Gasteiger partial charge < -0.3 is 24.6 Å². The summed E-state index contributed by atoms with van der Waals surface area (Å²) >= 11 is 0. The zero-order valence-corrected chi connectivity index (χ0v) is 21.7. The van der Waals surface area contributed by atoms with Gasteiger partial charge in [0.1, 0.15) is 29.5 Å². The van der Waals surface area contributed by atoms with Crippen molar-refractivity contribution in [2.45, 2.75) is 38.8 Å². The van der Waals surface area contributed by atoms with Crippen molar-refractivity contribution < 1.29 is 19.1 Å². The molecule has 37 heavy (non-hydrogen) atoms. The Labute approximate surface area is 215 Å². The fourth-order valence-corrected chi connectivity index (χ4v) is 4.05. The number of ether oxygens (including phenoxy) is 2. The van der Waals surface area contributed by atoms with Crippen molar-refractivity contribution in [2.75, 3.05) is 37.0 Å². The number of amides is 2. The summed E-state index contributed by atoms with van der Waals surface area (Å²) in [6, 6.07) is 3.50. The van der Waals surface area contributed by atoms with Crippen LogP contribution in [0.5, 0.6) is 5.75 Å². The van der Waals surface area contributed by atoms with E-state index < -0.39 is 11.5 Å².